The van der Waals surface area contributed by atoms with Crippen molar-refractivity contribution in [1.82, 2.24) is 4.98 Å². The van der Waals surface area contributed by atoms with Gasteiger partial charge in [-0.25, -0.2) is 4.79 Å². The van der Waals surface area contributed by atoms with E-state index in [1.165, 1.54) is 52.7 Å². The van der Waals surface area contributed by atoms with Gasteiger partial charge in [-0.2, -0.15) is 4.98 Å². The van der Waals surface area contributed by atoms with Gasteiger partial charge in [0.05, 0.1) is 14.2 Å². The predicted octanol–water partition coefficient (Wildman–Crippen LogP) is 3.04. The van der Waals surface area contributed by atoms with Crippen LogP contribution in [0.5, 0.6) is 5.88 Å². The standard InChI is InChI=1S/C17H24N2O3/c1-21-16-13(17(20)22-2)9-10-15(18-16)19-11-5-8-14(19)12-6-3-4-7-12/h9-10,12,14H,3-8,11H2,1-2H3. The summed E-state index contributed by atoms with van der Waals surface area (Å²) in [5.74, 6) is 1.64. The van der Waals surface area contributed by atoms with Crippen molar-refractivity contribution in [1.29, 1.82) is 0 Å². The molecule has 1 aliphatic heterocycles. The Morgan fingerprint density at radius 3 is 2.64 bits per heavy atom. The van der Waals surface area contributed by atoms with Crippen LogP contribution in [-0.2, 0) is 4.74 Å². The SMILES string of the molecule is COC(=O)c1ccc(N2CCCC2C2CCCC2)nc1OC. The van der Waals surface area contributed by atoms with E-state index < -0.39 is 5.97 Å². The molecule has 5 nitrogen and oxygen atoms in total. The van der Waals surface area contributed by atoms with E-state index in [4.69, 9.17) is 9.47 Å². The summed E-state index contributed by atoms with van der Waals surface area (Å²) in [6, 6.07) is 4.27. The molecule has 1 aromatic heterocycles. The molecule has 2 fully saturated rings. The minimum absolute atomic E-state index is 0.349. The number of anilines is 1. The molecule has 1 aliphatic carbocycles. The molecule has 120 valence electrons. The Kier molecular flexibility index (Phi) is 4.50. The van der Waals surface area contributed by atoms with Crippen LogP contribution >= 0.6 is 0 Å². The number of ether oxygens (including phenoxy) is 2. The first kappa shape index (κ1) is 15.1. The molecule has 0 aromatic carbocycles. The Hall–Kier alpha value is -1.78. The minimum Gasteiger partial charge on any atom is -0.480 e. The van der Waals surface area contributed by atoms with E-state index in [0.29, 0.717) is 17.5 Å². The first-order valence-electron chi connectivity index (χ1n) is 8.14. The van der Waals surface area contributed by atoms with Gasteiger partial charge in [-0.15, -0.1) is 0 Å². The molecule has 1 atom stereocenters. The van der Waals surface area contributed by atoms with Gasteiger partial charge in [-0.3, -0.25) is 0 Å². The third kappa shape index (κ3) is 2.76. The summed E-state index contributed by atoms with van der Waals surface area (Å²) in [7, 11) is 2.91. The Morgan fingerprint density at radius 1 is 1.18 bits per heavy atom. The molecule has 1 aromatic rings. The van der Waals surface area contributed by atoms with Gasteiger partial charge in [0.25, 0.3) is 0 Å². The number of pyridine rings is 1. The highest BCUT2D eigenvalue weighted by Gasteiger charge is 2.34. The fourth-order valence-corrected chi connectivity index (χ4v) is 3.92. The maximum Gasteiger partial charge on any atom is 0.343 e. The summed E-state index contributed by atoms with van der Waals surface area (Å²) < 4.78 is 10.1. The molecule has 2 aliphatic rings. The van der Waals surface area contributed by atoms with E-state index in [1.54, 1.807) is 6.07 Å². The summed E-state index contributed by atoms with van der Waals surface area (Å²) in [5, 5.41) is 0. The lowest BCUT2D eigenvalue weighted by Gasteiger charge is -2.30. The molecule has 0 N–H and O–H groups in total. The largest absolute Gasteiger partial charge is 0.480 e. The molecule has 1 saturated heterocycles. The molecule has 0 amide bonds. The fourth-order valence-electron chi connectivity index (χ4n) is 3.92. The maximum atomic E-state index is 11.7. The van der Waals surface area contributed by atoms with E-state index >= 15 is 0 Å². The second kappa shape index (κ2) is 6.55. The van der Waals surface area contributed by atoms with Crippen molar-refractivity contribution in [2.45, 2.75) is 44.6 Å². The van der Waals surface area contributed by atoms with Crippen LogP contribution in [0.3, 0.4) is 0 Å². The van der Waals surface area contributed by atoms with Crippen LogP contribution in [0, 0.1) is 5.92 Å². The van der Waals surface area contributed by atoms with Crippen molar-refractivity contribution >= 4 is 11.8 Å². The summed E-state index contributed by atoms with van der Waals surface area (Å²) in [6.45, 7) is 1.04. The summed E-state index contributed by atoms with van der Waals surface area (Å²) in [4.78, 5) is 18.7. The molecular weight excluding hydrogens is 280 g/mol. The number of nitrogens with zero attached hydrogens (tertiary/aromatic N) is 2. The highest BCUT2D eigenvalue weighted by Crippen LogP contribution is 2.37. The van der Waals surface area contributed by atoms with E-state index in [9.17, 15) is 4.79 Å². The first-order valence-corrected chi connectivity index (χ1v) is 8.14. The first-order chi connectivity index (χ1) is 10.7. The van der Waals surface area contributed by atoms with E-state index in [0.717, 1.165) is 18.3 Å². The zero-order valence-corrected chi connectivity index (χ0v) is 13.4. The van der Waals surface area contributed by atoms with E-state index in [-0.39, 0.29) is 0 Å². The zero-order valence-electron chi connectivity index (χ0n) is 13.4. The van der Waals surface area contributed by atoms with Crippen molar-refractivity contribution in [3.8, 4) is 5.88 Å². The lowest BCUT2D eigenvalue weighted by atomic mass is 9.96. The van der Waals surface area contributed by atoms with Crippen molar-refractivity contribution in [2.24, 2.45) is 5.92 Å². The second-order valence-electron chi connectivity index (χ2n) is 6.17. The third-order valence-corrected chi connectivity index (χ3v) is 4.98. The molecule has 1 saturated carbocycles. The van der Waals surface area contributed by atoms with Crippen LogP contribution in [0.1, 0.15) is 48.9 Å². The lowest BCUT2D eigenvalue weighted by molar-refractivity contribution is 0.0596. The van der Waals surface area contributed by atoms with Gasteiger partial charge < -0.3 is 14.4 Å². The van der Waals surface area contributed by atoms with Gasteiger partial charge in [0.2, 0.25) is 5.88 Å². The molecule has 5 heteroatoms. The third-order valence-electron chi connectivity index (χ3n) is 4.98. The van der Waals surface area contributed by atoms with Gasteiger partial charge >= 0.3 is 5.97 Å². The number of esters is 1. The van der Waals surface area contributed by atoms with Gasteiger partial charge in [-0.1, -0.05) is 12.8 Å². The van der Waals surface area contributed by atoms with Crippen molar-refractivity contribution < 1.29 is 14.3 Å². The van der Waals surface area contributed by atoms with E-state index in [1.807, 2.05) is 6.07 Å². The van der Waals surface area contributed by atoms with Gasteiger partial charge in [0.1, 0.15) is 11.4 Å². The monoisotopic (exact) mass is 304 g/mol. The minimum atomic E-state index is -0.412. The molecule has 0 radical (unpaired) electrons. The molecular formula is C17H24N2O3. The Balaban J connectivity index is 1.85. The number of hydrogen-bond donors (Lipinski definition) is 0. The fraction of sp³-hybridized carbons (Fsp3) is 0.647. The average molecular weight is 304 g/mol. The molecule has 0 spiro atoms. The van der Waals surface area contributed by atoms with Gasteiger partial charge in [0.15, 0.2) is 0 Å². The van der Waals surface area contributed by atoms with Crippen LogP contribution in [0.4, 0.5) is 5.82 Å². The number of carbonyl (C=O) groups is 1. The van der Waals surface area contributed by atoms with Gasteiger partial charge in [0, 0.05) is 12.6 Å². The Bertz CT molecular complexity index is 541. The topological polar surface area (TPSA) is 51.7 Å². The normalized spacial score (nSPS) is 22.1. The van der Waals surface area contributed by atoms with Crippen molar-refractivity contribution in [2.75, 3.05) is 25.7 Å². The smallest absolute Gasteiger partial charge is 0.343 e. The predicted molar refractivity (Wildman–Crippen MR) is 84.5 cm³/mol. The number of rotatable bonds is 4. The maximum absolute atomic E-state index is 11.7. The average Bonchev–Trinajstić information content (AvgIpc) is 3.23. The number of carbonyl (C=O) groups excluding carboxylic acids is 1. The number of aromatic nitrogens is 1. The number of hydrogen-bond acceptors (Lipinski definition) is 5. The summed E-state index contributed by atoms with van der Waals surface area (Å²) in [6.07, 6.45) is 7.83. The van der Waals surface area contributed by atoms with Crippen LogP contribution in [0.15, 0.2) is 12.1 Å². The van der Waals surface area contributed by atoms with Crippen LogP contribution in [0.2, 0.25) is 0 Å². The highest BCUT2D eigenvalue weighted by atomic mass is 16.5. The molecule has 2 heterocycles. The van der Waals surface area contributed by atoms with Gasteiger partial charge in [-0.05, 0) is 43.7 Å². The Labute approximate surface area is 131 Å². The molecule has 0 bridgehead atoms. The van der Waals surface area contributed by atoms with Crippen LogP contribution in [0.25, 0.3) is 0 Å². The zero-order chi connectivity index (χ0) is 15.5. The van der Waals surface area contributed by atoms with Crippen molar-refractivity contribution in [3.05, 3.63) is 17.7 Å². The van der Waals surface area contributed by atoms with Crippen LogP contribution in [-0.4, -0.2) is 37.8 Å². The summed E-state index contributed by atoms with van der Waals surface area (Å²) >= 11 is 0. The molecule has 1 unspecified atom stereocenters. The number of methoxy groups -OCH3 is 2. The second-order valence-corrected chi connectivity index (χ2v) is 6.17. The quantitative estimate of drug-likeness (QED) is 0.800. The van der Waals surface area contributed by atoms with Crippen molar-refractivity contribution in [3.63, 3.8) is 0 Å². The highest BCUT2D eigenvalue weighted by molar-refractivity contribution is 5.92. The van der Waals surface area contributed by atoms with Crippen LogP contribution < -0.4 is 9.64 Å². The molecule has 3 rings (SSSR count). The lowest BCUT2D eigenvalue weighted by Crippen LogP contribution is -2.35. The Morgan fingerprint density at radius 2 is 1.95 bits per heavy atom. The molecule has 22 heavy (non-hydrogen) atoms. The van der Waals surface area contributed by atoms with E-state index in [2.05, 4.69) is 9.88 Å². The summed E-state index contributed by atoms with van der Waals surface area (Å²) in [5.41, 5.74) is 0.380.